The van der Waals surface area contributed by atoms with Gasteiger partial charge >= 0.3 is 4.87 Å². The Morgan fingerprint density at radius 3 is 2.57 bits per heavy atom. The largest absolute Gasteiger partial charge is 0.347 e. The van der Waals surface area contributed by atoms with E-state index in [1.807, 2.05) is 13.8 Å². The SMILES string of the molecule is CC(C)[C@@H](NC(=O)Cn1ncsc1=O)c1ccc(F)cc1. The lowest BCUT2D eigenvalue weighted by Gasteiger charge is -2.22. The second-order valence-electron chi connectivity index (χ2n) is 5.00. The zero-order chi connectivity index (χ0) is 15.4. The molecule has 5 nitrogen and oxygen atoms in total. The molecule has 0 fully saturated rings. The van der Waals surface area contributed by atoms with Crippen LogP contribution in [0.25, 0.3) is 0 Å². The third-order valence-corrected chi connectivity index (χ3v) is 3.67. The summed E-state index contributed by atoms with van der Waals surface area (Å²) in [5.74, 6) is -0.487. The summed E-state index contributed by atoms with van der Waals surface area (Å²) in [6.45, 7) is 3.80. The Balaban J connectivity index is 2.09. The summed E-state index contributed by atoms with van der Waals surface area (Å²) in [6, 6.07) is 5.78. The monoisotopic (exact) mass is 309 g/mol. The third-order valence-electron chi connectivity index (χ3n) is 3.06. The highest BCUT2D eigenvalue weighted by atomic mass is 32.1. The topological polar surface area (TPSA) is 64.0 Å². The molecule has 0 saturated carbocycles. The number of hydrogen-bond donors (Lipinski definition) is 1. The lowest BCUT2D eigenvalue weighted by Crippen LogP contribution is -2.36. The Morgan fingerprint density at radius 1 is 1.38 bits per heavy atom. The van der Waals surface area contributed by atoms with Crippen LogP contribution in [0.4, 0.5) is 4.39 Å². The molecular weight excluding hydrogens is 293 g/mol. The van der Waals surface area contributed by atoms with E-state index in [9.17, 15) is 14.0 Å². The van der Waals surface area contributed by atoms with Gasteiger partial charge in [-0.05, 0) is 23.6 Å². The molecule has 1 aromatic carbocycles. The summed E-state index contributed by atoms with van der Waals surface area (Å²) in [7, 11) is 0. The molecule has 0 aliphatic rings. The lowest BCUT2D eigenvalue weighted by molar-refractivity contribution is -0.123. The van der Waals surface area contributed by atoms with Gasteiger partial charge in [0.05, 0.1) is 6.04 Å². The Kier molecular flexibility index (Phi) is 4.85. The van der Waals surface area contributed by atoms with Crippen molar-refractivity contribution in [2.24, 2.45) is 5.92 Å². The smallest absolute Gasteiger partial charge is 0.325 e. The fraction of sp³-hybridized carbons (Fsp3) is 0.357. The molecule has 1 heterocycles. The van der Waals surface area contributed by atoms with Gasteiger partial charge in [-0.1, -0.05) is 37.3 Å². The number of carbonyl (C=O) groups excluding carboxylic acids is 1. The number of carbonyl (C=O) groups is 1. The van der Waals surface area contributed by atoms with Crippen molar-refractivity contribution in [1.29, 1.82) is 0 Å². The first kappa shape index (κ1) is 15.4. The molecule has 1 amide bonds. The highest BCUT2D eigenvalue weighted by Gasteiger charge is 2.19. The van der Waals surface area contributed by atoms with E-state index >= 15 is 0 Å². The quantitative estimate of drug-likeness (QED) is 0.918. The first-order valence-electron chi connectivity index (χ1n) is 6.53. The molecule has 1 N–H and O–H groups in total. The Labute approximate surface area is 125 Å². The van der Waals surface area contributed by atoms with Crippen molar-refractivity contribution in [2.45, 2.75) is 26.4 Å². The van der Waals surface area contributed by atoms with Crippen LogP contribution in [0.2, 0.25) is 0 Å². The van der Waals surface area contributed by atoms with E-state index < -0.39 is 0 Å². The van der Waals surface area contributed by atoms with Crippen molar-refractivity contribution in [3.8, 4) is 0 Å². The molecule has 21 heavy (non-hydrogen) atoms. The summed E-state index contributed by atoms with van der Waals surface area (Å²) in [5, 5.41) is 6.67. The molecule has 0 bridgehead atoms. The molecule has 0 saturated heterocycles. The number of nitrogens with zero attached hydrogens (tertiary/aromatic N) is 2. The standard InChI is InChI=1S/C14H16FN3O2S/c1-9(2)13(10-3-5-11(15)6-4-10)17-12(19)7-18-14(20)21-8-16-18/h3-6,8-9,13H,7H2,1-2H3,(H,17,19)/t13-/m1/s1. The van der Waals surface area contributed by atoms with Crippen molar-refractivity contribution in [3.05, 3.63) is 50.8 Å². The van der Waals surface area contributed by atoms with Crippen LogP contribution in [0.15, 0.2) is 34.6 Å². The van der Waals surface area contributed by atoms with Gasteiger partial charge in [0.15, 0.2) is 0 Å². The van der Waals surface area contributed by atoms with E-state index in [1.165, 1.54) is 17.6 Å². The first-order valence-corrected chi connectivity index (χ1v) is 7.41. The Morgan fingerprint density at radius 2 is 2.05 bits per heavy atom. The van der Waals surface area contributed by atoms with Crippen LogP contribution in [0.3, 0.4) is 0 Å². The molecule has 7 heteroatoms. The van der Waals surface area contributed by atoms with Crippen molar-refractivity contribution in [1.82, 2.24) is 15.1 Å². The first-order chi connectivity index (χ1) is 9.97. The molecule has 1 atom stereocenters. The predicted octanol–water partition coefficient (Wildman–Crippen LogP) is 1.96. The van der Waals surface area contributed by atoms with Crippen molar-refractivity contribution in [3.63, 3.8) is 0 Å². The minimum atomic E-state index is -0.318. The molecule has 0 spiro atoms. The maximum Gasteiger partial charge on any atom is 0.325 e. The van der Waals surface area contributed by atoms with Crippen molar-refractivity contribution < 1.29 is 9.18 Å². The summed E-state index contributed by atoms with van der Waals surface area (Å²) < 4.78 is 14.1. The minimum absolute atomic E-state index is 0.118. The van der Waals surface area contributed by atoms with Gasteiger partial charge in [-0.25, -0.2) is 9.07 Å². The predicted molar refractivity (Wildman–Crippen MR) is 78.5 cm³/mol. The third kappa shape index (κ3) is 3.98. The molecule has 0 unspecified atom stereocenters. The van der Waals surface area contributed by atoms with Crippen LogP contribution < -0.4 is 10.2 Å². The van der Waals surface area contributed by atoms with Crippen LogP contribution in [-0.4, -0.2) is 15.7 Å². The fourth-order valence-corrected chi connectivity index (χ4v) is 2.48. The lowest BCUT2D eigenvalue weighted by atomic mass is 9.96. The van der Waals surface area contributed by atoms with E-state index in [-0.39, 0.29) is 35.1 Å². The molecule has 1 aromatic heterocycles. The molecule has 0 aliphatic heterocycles. The van der Waals surface area contributed by atoms with Gasteiger partial charge in [-0.15, -0.1) is 0 Å². The minimum Gasteiger partial charge on any atom is -0.347 e. The van der Waals surface area contributed by atoms with Gasteiger partial charge in [-0.2, -0.15) is 5.10 Å². The molecule has 2 rings (SSSR count). The number of nitrogens with one attached hydrogen (secondary N) is 1. The number of aromatic nitrogens is 2. The van der Waals surface area contributed by atoms with Gasteiger partial charge in [0.1, 0.15) is 17.9 Å². The summed E-state index contributed by atoms with van der Waals surface area (Å²) in [5.41, 5.74) is 2.22. The van der Waals surface area contributed by atoms with E-state index in [0.717, 1.165) is 21.6 Å². The molecule has 0 radical (unpaired) electrons. The number of halogens is 1. The molecule has 112 valence electrons. The van der Waals surface area contributed by atoms with Gasteiger partial charge in [0, 0.05) is 0 Å². The second kappa shape index (κ2) is 6.62. The van der Waals surface area contributed by atoms with Crippen LogP contribution >= 0.6 is 11.3 Å². The Bertz CT molecular complexity index is 663. The zero-order valence-corrected chi connectivity index (χ0v) is 12.6. The van der Waals surface area contributed by atoms with Crippen LogP contribution in [0.1, 0.15) is 25.5 Å². The summed E-state index contributed by atoms with van der Waals surface area (Å²) >= 11 is 0.944. The summed E-state index contributed by atoms with van der Waals surface area (Å²) in [6.07, 6.45) is 0. The number of hydrogen-bond acceptors (Lipinski definition) is 4. The highest BCUT2D eigenvalue weighted by molar-refractivity contribution is 7.06. The van der Waals surface area contributed by atoms with Gasteiger partial charge in [0.25, 0.3) is 0 Å². The van der Waals surface area contributed by atoms with Crippen LogP contribution in [-0.2, 0) is 11.3 Å². The molecular formula is C14H16FN3O2S. The maximum atomic E-state index is 13.0. The van der Waals surface area contributed by atoms with E-state index in [2.05, 4.69) is 10.4 Å². The normalized spacial score (nSPS) is 12.4. The fourth-order valence-electron chi connectivity index (χ4n) is 2.00. The highest BCUT2D eigenvalue weighted by Crippen LogP contribution is 2.21. The maximum absolute atomic E-state index is 13.0. The second-order valence-corrected chi connectivity index (χ2v) is 5.80. The van der Waals surface area contributed by atoms with Crippen LogP contribution in [0, 0.1) is 11.7 Å². The average molecular weight is 309 g/mol. The van der Waals surface area contributed by atoms with Crippen molar-refractivity contribution in [2.75, 3.05) is 0 Å². The van der Waals surface area contributed by atoms with Crippen LogP contribution in [0.5, 0.6) is 0 Å². The van der Waals surface area contributed by atoms with Gasteiger partial charge in [-0.3, -0.25) is 9.59 Å². The molecule has 2 aromatic rings. The van der Waals surface area contributed by atoms with E-state index in [0.29, 0.717) is 0 Å². The average Bonchev–Trinajstić information content (AvgIpc) is 2.82. The number of amides is 1. The van der Waals surface area contributed by atoms with Gasteiger partial charge < -0.3 is 5.32 Å². The molecule has 0 aliphatic carbocycles. The number of benzene rings is 1. The van der Waals surface area contributed by atoms with E-state index in [1.54, 1.807) is 12.1 Å². The Hall–Kier alpha value is -2.02. The van der Waals surface area contributed by atoms with E-state index in [4.69, 9.17) is 0 Å². The number of rotatable bonds is 5. The zero-order valence-electron chi connectivity index (χ0n) is 11.7. The van der Waals surface area contributed by atoms with Gasteiger partial charge in [0.2, 0.25) is 5.91 Å². The van der Waals surface area contributed by atoms with Crippen molar-refractivity contribution >= 4 is 17.2 Å². The summed E-state index contributed by atoms with van der Waals surface area (Å²) in [4.78, 5) is 23.1.